The summed E-state index contributed by atoms with van der Waals surface area (Å²) in [5.74, 6) is -1.80. The number of nitrogens with one attached hydrogen (secondary N) is 1. The highest BCUT2D eigenvalue weighted by Gasteiger charge is 2.29. The summed E-state index contributed by atoms with van der Waals surface area (Å²) in [6, 6.07) is 5.13. The second-order valence-electron chi connectivity index (χ2n) is 8.45. The molecule has 10 nitrogen and oxygen atoms in total. The Bertz CT molecular complexity index is 942. The molecule has 1 saturated heterocycles. The molecule has 0 bridgehead atoms. The number of carbonyl (C=O) groups is 4. The number of rotatable bonds is 5. The summed E-state index contributed by atoms with van der Waals surface area (Å²) >= 11 is 0. The second-order valence-corrected chi connectivity index (χ2v) is 8.45. The fourth-order valence-electron chi connectivity index (χ4n) is 3.17. The van der Waals surface area contributed by atoms with Crippen LogP contribution in [0.5, 0.6) is 0 Å². The molecule has 1 aliphatic heterocycles. The molecule has 1 N–H and O–H groups in total. The molecule has 180 valence electrons. The number of piperazine rings is 1. The van der Waals surface area contributed by atoms with E-state index in [4.69, 9.17) is 9.47 Å². The van der Waals surface area contributed by atoms with Crippen LogP contribution in [0.2, 0.25) is 0 Å². The third kappa shape index (κ3) is 6.96. The number of benzene rings is 1. The number of aryl methyl sites for hydroxylation is 1. The monoisotopic (exact) mass is 461 g/mol. The highest BCUT2D eigenvalue weighted by molar-refractivity contribution is 6.04. The van der Waals surface area contributed by atoms with Crippen molar-refractivity contribution in [3.8, 4) is 0 Å². The molecule has 1 aromatic rings. The molecule has 1 fully saturated rings. The van der Waals surface area contributed by atoms with Crippen molar-refractivity contribution >= 4 is 29.6 Å². The molecule has 2 amide bonds. The van der Waals surface area contributed by atoms with E-state index in [1.54, 1.807) is 55.7 Å². The van der Waals surface area contributed by atoms with Crippen LogP contribution in [0.15, 0.2) is 30.0 Å². The summed E-state index contributed by atoms with van der Waals surface area (Å²) in [5.41, 5.74) is 0.620. The molecule has 1 aliphatic rings. The van der Waals surface area contributed by atoms with E-state index < -0.39 is 23.6 Å². The number of para-hydroxylation sites is 1. The predicted molar refractivity (Wildman–Crippen MR) is 121 cm³/mol. The Hall–Kier alpha value is -3.56. The van der Waals surface area contributed by atoms with Crippen LogP contribution in [0.1, 0.15) is 36.7 Å². The molecule has 10 heteroatoms. The molecule has 0 radical (unpaired) electrons. The minimum Gasteiger partial charge on any atom is -0.466 e. The maximum absolute atomic E-state index is 13.3. The van der Waals surface area contributed by atoms with E-state index in [-0.39, 0.29) is 11.6 Å². The zero-order chi connectivity index (χ0) is 24.8. The summed E-state index contributed by atoms with van der Waals surface area (Å²) in [4.78, 5) is 52.6. The quantitative estimate of drug-likeness (QED) is 0.404. The lowest BCUT2D eigenvalue weighted by Crippen LogP contribution is -2.51. The van der Waals surface area contributed by atoms with Gasteiger partial charge in [-0.3, -0.25) is 4.79 Å². The van der Waals surface area contributed by atoms with Crippen LogP contribution in [0, 0.1) is 6.92 Å². The van der Waals surface area contributed by atoms with Gasteiger partial charge < -0.3 is 29.3 Å². The number of hydrogen-bond donors (Lipinski definition) is 1. The third-order valence-electron chi connectivity index (χ3n) is 4.85. The van der Waals surface area contributed by atoms with E-state index >= 15 is 0 Å². The van der Waals surface area contributed by atoms with Crippen LogP contribution in [-0.2, 0) is 23.8 Å². The van der Waals surface area contributed by atoms with Gasteiger partial charge in [0.1, 0.15) is 11.3 Å². The molecular weight excluding hydrogens is 430 g/mol. The fraction of sp³-hybridized carbons (Fsp3) is 0.478. The van der Waals surface area contributed by atoms with Crippen molar-refractivity contribution in [1.82, 2.24) is 9.80 Å². The maximum atomic E-state index is 13.3. The van der Waals surface area contributed by atoms with Gasteiger partial charge in [-0.25, -0.2) is 14.4 Å². The van der Waals surface area contributed by atoms with E-state index in [2.05, 4.69) is 10.1 Å². The standard InChI is InChI=1S/C23H31N3O7/c1-15-8-7-9-16(19(15)24-17(21(29)32-6)14-18(27)31-5)20(28)25-10-12-26(13-11-25)22(30)33-23(2,3)4/h7-9,14,24H,10-13H2,1-6H3/b17-14+. The summed E-state index contributed by atoms with van der Waals surface area (Å²) in [6.45, 7) is 8.50. The Balaban J connectivity index is 2.22. The van der Waals surface area contributed by atoms with E-state index in [0.29, 0.717) is 43.0 Å². The fourth-order valence-corrected chi connectivity index (χ4v) is 3.17. The smallest absolute Gasteiger partial charge is 0.410 e. The van der Waals surface area contributed by atoms with Crippen molar-refractivity contribution in [2.75, 3.05) is 45.7 Å². The molecule has 1 aromatic carbocycles. The Morgan fingerprint density at radius 3 is 2.12 bits per heavy atom. The lowest BCUT2D eigenvalue weighted by Gasteiger charge is -2.36. The average molecular weight is 462 g/mol. The van der Waals surface area contributed by atoms with Crippen LogP contribution in [-0.4, -0.2) is 79.7 Å². The third-order valence-corrected chi connectivity index (χ3v) is 4.85. The minimum absolute atomic E-state index is 0.164. The van der Waals surface area contributed by atoms with Crippen molar-refractivity contribution in [2.45, 2.75) is 33.3 Å². The van der Waals surface area contributed by atoms with Crippen molar-refractivity contribution in [3.05, 3.63) is 41.1 Å². The van der Waals surface area contributed by atoms with Crippen LogP contribution < -0.4 is 5.32 Å². The van der Waals surface area contributed by atoms with Crippen LogP contribution in [0.25, 0.3) is 0 Å². The molecule has 0 atom stereocenters. The lowest BCUT2D eigenvalue weighted by atomic mass is 10.1. The van der Waals surface area contributed by atoms with E-state index in [9.17, 15) is 19.2 Å². The number of ether oxygens (including phenoxy) is 3. The Morgan fingerprint density at radius 1 is 0.970 bits per heavy atom. The van der Waals surface area contributed by atoms with E-state index in [0.717, 1.165) is 6.08 Å². The molecule has 2 rings (SSSR count). The van der Waals surface area contributed by atoms with Crippen LogP contribution in [0.3, 0.4) is 0 Å². The second kappa shape index (κ2) is 10.8. The molecule has 0 unspecified atom stereocenters. The molecule has 0 aliphatic carbocycles. The number of methoxy groups -OCH3 is 2. The van der Waals surface area contributed by atoms with Gasteiger partial charge >= 0.3 is 18.0 Å². The Labute approximate surface area is 193 Å². The first kappa shape index (κ1) is 25.7. The highest BCUT2D eigenvalue weighted by atomic mass is 16.6. The van der Waals surface area contributed by atoms with Crippen molar-refractivity contribution in [1.29, 1.82) is 0 Å². The highest BCUT2D eigenvalue weighted by Crippen LogP contribution is 2.25. The van der Waals surface area contributed by atoms with Gasteiger partial charge in [0.05, 0.1) is 31.5 Å². The SMILES string of the molecule is COC(=O)/C=C(/Nc1c(C)cccc1C(=O)N1CCN(C(=O)OC(C)(C)C)CC1)C(=O)OC. The molecule has 1 heterocycles. The van der Waals surface area contributed by atoms with Gasteiger partial charge in [-0.15, -0.1) is 0 Å². The van der Waals surface area contributed by atoms with E-state index in [1.807, 2.05) is 0 Å². The predicted octanol–water partition coefficient (Wildman–Crippen LogP) is 2.33. The maximum Gasteiger partial charge on any atom is 0.410 e. The first-order valence-electron chi connectivity index (χ1n) is 10.5. The first-order chi connectivity index (χ1) is 15.5. The zero-order valence-corrected chi connectivity index (χ0v) is 19.9. The summed E-state index contributed by atoms with van der Waals surface area (Å²) < 4.78 is 14.7. The molecule has 0 spiro atoms. The number of nitrogens with zero attached hydrogens (tertiary/aromatic N) is 2. The number of amides is 2. The van der Waals surface area contributed by atoms with Gasteiger partial charge in [-0.2, -0.15) is 0 Å². The summed E-state index contributed by atoms with van der Waals surface area (Å²) in [7, 11) is 2.37. The van der Waals surface area contributed by atoms with Gasteiger partial charge in [0.2, 0.25) is 0 Å². The number of carbonyl (C=O) groups excluding carboxylic acids is 4. The Kier molecular flexibility index (Phi) is 8.44. The topological polar surface area (TPSA) is 114 Å². The summed E-state index contributed by atoms with van der Waals surface area (Å²) in [6.07, 6.45) is 0.551. The van der Waals surface area contributed by atoms with Gasteiger partial charge in [0.15, 0.2) is 0 Å². The van der Waals surface area contributed by atoms with Crippen molar-refractivity contribution in [2.24, 2.45) is 0 Å². The van der Waals surface area contributed by atoms with Crippen molar-refractivity contribution < 1.29 is 33.4 Å². The number of hydrogen-bond acceptors (Lipinski definition) is 8. The van der Waals surface area contributed by atoms with Gasteiger partial charge in [0, 0.05) is 26.2 Å². The van der Waals surface area contributed by atoms with Crippen molar-refractivity contribution in [3.63, 3.8) is 0 Å². The minimum atomic E-state index is -0.784. The normalized spacial score (nSPS) is 14.4. The van der Waals surface area contributed by atoms with Gasteiger partial charge in [-0.05, 0) is 39.3 Å². The zero-order valence-electron chi connectivity index (χ0n) is 19.9. The molecular formula is C23H31N3O7. The first-order valence-corrected chi connectivity index (χ1v) is 10.5. The summed E-state index contributed by atoms with van der Waals surface area (Å²) in [5, 5.41) is 2.86. The van der Waals surface area contributed by atoms with Crippen LogP contribution >= 0.6 is 0 Å². The molecule has 33 heavy (non-hydrogen) atoms. The molecule has 0 aromatic heterocycles. The van der Waals surface area contributed by atoms with Gasteiger partial charge in [-0.1, -0.05) is 12.1 Å². The van der Waals surface area contributed by atoms with Gasteiger partial charge in [0.25, 0.3) is 5.91 Å². The Morgan fingerprint density at radius 2 is 1.58 bits per heavy atom. The molecule has 0 saturated carbocycles. The number of anilines is 1. The van der Waals surface area contributed by atoms with E-state index in [1.165, 1.54) is 14.2 Å². The lowest BCUT2D eigenvalue weighted by molar-refractivity contribution is -0.138. The largest absolute Gasteiger partial charge is 0.466 e. The average Bonchev–Trinajstić information content (AvgIpc) is 2.77. The van der Waals surface area contributed by atoms with Crippen LogP contribution in [0.4, 0.5) is 10.5 Å². The number of esters is 2.